The summed E-state index contributed by atoms with van der Waals surface area (Å²) in [7, 11) is 5.21. The Kier molecular flexibility index (Phi) is 9.08. The summed E-state index contributed by atoms with van der Waals surface area (Å²) in [6.07, 6.45) is 1.84. The van der Waals surface area contributed by atoms with Crippen molar-refractivity contribution in [1.82, 2.24) is 9.80 Å². The first kappa shape index (κ1) is 24.1. The molecule has 0 aliphatic carbocycles. The summed E-state index contributed by atoms with van der Waals surface area (Å²) in [4.78, 5) is 16.8. The van der Waals surface area contributed by atoms with Crippen LogP contribution in [0.4, 0.5) is 0 Å². The number of rotatable bonds is 9. The molecule has 6 nitrogen and oxygen atoms in total. The van der Waals surface area contributed by atoms with Gasteiger partial charge in [-0.15, -0.1) is 12.4 Å². The smallest absolute Gasteiger partial charge is 0.260 e. The van der Waals surface area contributed by atoms with Crippen molar-refractivity contribution in [2.75, 3.05) is 47.6 Å². The van der Waals surface area contributed by atoms with Crippen LogP contribution in [-0.4, -0.2) is 63.3 Å². The first-order chi connectivity index (χ1) is 14.0. The molecule has 0 unspecified atom stereocenters. The maximum Gasteiger partial charge on any atom is 0.260 e. The van der Waals surface area contributed by atoms with Gasteiger partial charge in [-0.1, -0.05) is 23.7 Å². The molecule has 1 amide bonds. The molecule has 1 heterocycles. The number of likely N-dealkylation sites (N-methyl/N-ethyl adjacent to an activating group) is 1. The van der Waals surface area contributed by atoms with E-state index in [2.05, 4.69) is 24.1 Å². The van der Waals surface area contributed by atoms with Crippen LogP contribution in [0.15, 0.2) is 36.4 Å². The van der Waals surface area contributed by atoms with E-state index in [0.717, 1.165) is 31.0 Å². The van der Waals surface area contributed by atoms with Crippen LogP contribution in [-0.2, 0) is 6.42 Å². The van der Waals surface area contributed by atoms with E-state index in [1.54, 1.807) is 31.3 Å². The molecule has 30 heavy (non-hydrogen) atoms. The topological polar surface area (TPSA) is 51.2 Å². The lowest BCUT2D eigenvalue weighted by Gasteiger charge is -2.30. The third kappa shape index (κ3) is 5.94. The highest BCUT2D eigenvalue weighted by Gasteiger charge is 2.27. The molecule has 1 aliphatic heterocycles. The molecule has 164 valence electrons. The maximum absolute atomic E-state index is 12.8. The number of methoxy groups -OCH3 is 2. The van der Waals surface area contributed by atoms with Gasteiger partial charge in [0, 0.05) is 30.2 Å². The van der Waals surface area contributed by atoms with Crippen LogP contribution in [0.25, 0.3) is 0 Å². The Morgan fingerprint density at radius 2 is 1.77 bits per heavy atom. The summed E-state index contributed by atoms with van der Waals surface area (Å²) < 4.78 is 16.3. The molecule has 0 saturated heterocycles. The average Bonchev–Trinajstić information content (AvgIpc) is 2.74. The molecule has 0 bridgehead atoms. The molecule has 8 heteroatoms. The second-order valence-electron chi connectivity index (χ2n) is 7.08. The van der Waals surface area contributed by atoms with Crippen molar-refractivity contribution in [2.24, 2.45) is 0 Å². The number of carbonyl (C=O) groups is 1. The third-order valence-electron chi connectivity index (χ3n) is 5.04. The lowest BCUT2D eigenvalue weighted by Crippen LogP contribution is -2.40. The lowest BCUT2D eigenvalue weighted by molar-refractivity contribution is 0.0510. The number of halogens is 2. The van der Waals surface area contributed by atoms with Crippen molar-refractivity contribution >= 4 is 29.9 Å². The first-order valence-corrected chi connectivity index (χ1v) is 10.0. The molecule has 3 rings (SSSR count). The molecule has 2 aromatic carbocycles. The summed E-state index contributed by atoms with van der Waals surface area (Å²) in [5.74, 6) is 1.56. The minimum atomic E-state index is -0.0454. The van der Waals surface area contributed by atoms with Crippen molar-refractivity contribution < 1.29 is 19.0 Å². The number of nitrogens with zero attached hydrogens (tertiary/aromatic N) is 2. The van der Waals surface area contributed by atoms with Gasteiger partial charge in [-0.25, -0.2) is 0 Å². The summed E-state index contributed by atoms with van der Waals surface area (Å²) in [6, 6.07) is 11.3. The highest BCUT2D eigenvalue weighted by molar-refractivity contribution is 6.30. The first-order valence-electron chi connectivity index (χ1n) is 9.63. The number of fused-ring (bicyclic) bond motifs is 1. The quantitative estimate of drug-likeness (QED) is 0.569. The standard InChI is InChI=1S/C22H27ClN2O4.ClH/c1-24(12-9-16-5-7-17(23)8-6-16)10-4-11-25-15-29-19-14-21(28-3)20(27-2)13-18(19)22(25)26;/h5-8,13-14H,4,9-12,15H2,1-3H3;1H. The summed E-state index contributed by atoms with van der Waals surface area (Å²) >= 11 is 5.93. The van der Waals surface area contributed by atoms with Crippen LogP contribution in [0.2, 0.25) is 5.02 Å². The van der Waals surface area contributed by atoms with Crippen LogP contribution in [0, 0.1) is 0 Å². The Bertz CT molecular complexity index is 846. The van der Waals surface area contributed by atoms with E-state index >= 15 is 0 Å². The van der Waals surface area contributed by atoms with Crippen LogP contribution < -0.4 is 14.2 Å². The molecule has 0 radical (unpaired) electrons. The van der Waals surface area contributed by atoms with Gasteiger partial charge in [-0.05, 0) is 44.1 Å². The molecule has 0 saturated carbocycles. The van der Waals surface area contributed by atoms with Gasteiger partial charge in [0.05, 0.1) is 19.8 Å². The van der Waals surface area contributed by atoms with E-state index in [9.17, 15) is 4.79 Å². The Balaban J connectivity index is 0.00000320. The third-order valence-corrected chi connectivity index (χ3v) is 5.29. The van der Waals surface area contributed by atoms with Crippen LogP contribution >= 0.6 is 24.0 Å². The monoisotopic (exact) mass is 454 g/mol. The van der Waals surface area contributed by atoms with E-state index < -0.39 is 0 Å². The van der Waals surface area contributed by atoms with E-state index in [1.165, 1.54) is 5.56 Å². The molecule has 0 aromatic heterocycles. The molecule has 0 N–H and O–H groups in total. The molecule has 1 aliphatic rings. The van der Waals surface area contributed by atoms with Gasteiger partial charge in [-0.3, -0.25) is 4.79 Å². The molecular weight excluding hydrogens is 427 g/mol. The van der Waals surface area contributed by atoms with Gasteiger partial charge in [0.25, 0.3) is 5.91 Å². The number of amides is 1. The molecule has 0 spiro atoms. The van der Waals surface area contributed by atoms with Gasteiger partial charge in [0.15, 0.2) is 18.2 Å². The van der Waals surface area contributed by atoms with Crippen molar-refractivity contribution in [3.63, 3.8) is 0 Å². The van der Waals surface area contributed by atoms with Gasteiger partial charge in [0.2, 0.25) is 0 Å². The van der Waals surface area contributed by atoms with Gasteiger partial charge >= 0.3 is 0 Å². The summed E-state index contributed by atoms with van der Waals surface area (Å²) in [5, 5.41) is 0.758. The fourth-order valence-corrected chi connectivity index (χ4v) is 3.43. The SMILES string of the molecule is COc1cc2c(cc1OC)C(=O)N(CCCN(C)CCc1ccc(Cl)cc1)CO2.Cl. The largest absolute Gasteiger partial charge is 0.493 e. The van der Waals surface area contributed by atoms with E-state index in [1.807, 2.05) is 12.1 Å². The minimum absolute atomic E-state index is 0. The second-order valence-corrected chi connectivity index (χ2v) is 7.52. The van der Waals surface area contributed by atoms with E-state index in [4.69, 9.17) is 25.8 Å². The fourth-order valence-electron chi connectivity index (χ4n) is 3.30. The van der Waals surface area contributed by atoms with Gasteiger partial charge in [-0.2, -0.15) is 0 Å². The molecular formula is C22H28Cl2N2O4. The molecule has 0 atom stereocenters. The minimum Gasteiger partial charge on any atom is -0.493 e. The summed E-state index contributed by atoms with van der Waals surface area (Å²) in [5.41, 5.74) is 1.77. The highest BCUT2D eigenvalue weighted by atomic mass is 35.5. The number of benzene rings is 2. The van der Waals surface area contributed by atoms with Crippen molar-refractivity contribution in [2.45, 2.75) is 12.8 Å². The zero-order chi connectivity index (χ0) is 20.8. The number of carbonyl (C=O) groups excluding carboxylic acids is 1. The predicted molar refractivity (Wildman–Crippen MR) is 121 cm³/mol. The zero-order valence-corrected chi connectivity index (χ0v) is 19.1. The van der Waals surface area contributed by atoms with Crippen molar-refractivity contribution in [3.8, 4) is 17.2 Å². The molecule has 0 fully saturated rings. The Morgan fingerprint density at radius 3 is 2.43 bits per heavy atom. The normalized spacial score (nSPS) is 12.8. The lowest BCUT2D eigenvalue weighted by atomic mass is 10.1. The van der Waals surface area contributed by atoms with Gasteiger partial charge in [0.1, 0.15) is 5.75 Å². The predicted octanol–water partition coefficient (Wildman–Crippen LogP) is 4.14. The van der Waals surface area contributed by atoms with E-state index in [-0.39, 0.29) is 25.0 Å². The Hall–Kier alpha value is -2.15. The molecule has 2 aromatic rings. The summed E-state index contributed by atoms with van der Waals surface area (Å²) in [6.45, 7) is 2.73. The van der Waals surface area contributed by atoms with Crippen molar-refractivity contribution in [3.05, 3.63) is 52.5 Å². The number of hydrogen-bond donors (Lipinski definition) is 0. The van der Waals surface area contributed by atoms with Crippen LogP contribution in [0.3, 0.4) is 0 Å². The average molecular weight is 455 g/mol. The fraction of sp³-hybridized carbons (Fsp3) is 0.409. The number of hydrogen-bond acceptors (Lipinski definition) is 5. The maximum atomic E-state index is 12.8. The van der Waals surface area contributed by atoms with Crippen LogP contribution in [0.5, 0.6) is 17.2 Å². The highest BCUT2D eigenvalue weighted by Crippen LogP contribution is 2.37. The Morgan fingerprint density at radius 1 is 1.10 bits per heavy atom. The van der Waals surface area contributed by atoms with E-state index in [0.29, 0.717) is 29.4 Å². The van der Waals surface area contributed by atoms with Crippen molar-refractivity contribution in [1.29, 1.82) is 0 Å². The van der Waals surface area contributed by atoms with Gasteiger partial charge < -0.3 is 24.0 Å². The second kappa shape index (κ2) is 11.3. The number of ether oxygens (including phenoxy) is 3. The van der Waals surface area contributed by atoms with Crippen LogP contribution in [0.1, 0.15) is 22.3 Å². The zero-order valence-electron chi connectivity index (χ0n) is 17.5. The Labute approximate surface area is 189 Å².